The highest BCUT2D eigenvalue weighted by atomic mass is 16.6. The van der Waals surface area contributed by atoms with Gasteiger partial charge in [0.15, 0.2) is 0 Å². The molecule has 0 saturated carbocycles. The molecular weight excluding hydrogens is 676 g/mol. The van der Waals surface area contributed by atoms with Gasteiger partial charge in [-0.3, -0.25) is 34.3 Å². The van der Waals surface area contributed by atoms with E-state index in [1.807, 2.05) is 5.32 Å². The summed E-state index contributed by atoms with van der Waals surface area (Å²) >= 11 is 0. The third-order valence-corrected chi connectivity index (χ3v) is 6.91. The highest BCUT2D eigenvalue weighted by Crippen LogP contribution is 2.22. The largest absolute Gasteiger partial charge is 0.447 e. The fourth-order valence-electron chi connectivity index (χ4n) is 4.07. The van der Waals surface area contributed by atoms with Crippen LogP contribution in [-0.4, -0.2) is 123 Å². The lowest BCUT2D eigenvalue weighted by Crippen LogP contribution is -2.37. The SMILES string of the molecule is CC(C)C(=O)NCCNC(=O)OCC1CCC(N(C)/C=C\C(=O)NC=O)O1.COC(CCn1ccc(=O)[nH]c1=O)COC(=O)NCCNC(C)=O. The molecule has 1 saturated heterocycles. The van der Waals surface area contributed by atoms with Gasteiger partial charge in [0.1, 0.15) is 19.4 Å². The fourth-order valence-corrected chi connectivity index (χ4v) is 4.07. The molecule has 20 nitrogen and oxygen atoms in total. The normalized spacial score (nSPS) is 15.5. The Hall–Kier alpha value is -5.24. The van der Waals surface area contributed by atoms with E-state index in [-0.39, 0.29) is 56.4 Å². The standard InChI is InChI=1S/C17H28N4O6.C14H22N4O6/c1-12(2)16(24)18-7-8-19-17(25)26-10-13-4-5-15(27-13)21(3)9-6-14(23)20-11-22;1-10(19)15-5-6-16-14(22)24-9-11(23-2)3-7-18-8-4-12(20)17-13(18)21/h6,9,11-13,15H,4-5,7-8,10H2,1-3H3,(H,18,24)(H,19,25)(H,20,22,23);4,8,11H,3,5-7,9H2,1-2H3,(H,15,19)(H,16,22)(H,17,20,21)/b9-6-;. The third-order valence-electron chi connectivity index (χ3n) is 6.91. The van der Waals surface area contributed by atoms with Crippen molar-refractivity contribution in [1.29, 1.82) is 0 Å². The van der Waals surface area contributed by atoms with Gasteiger partial charge in [0.2, 0.25) is 18.2 Å². The average Bonchev–Trinajstić information content (AvgIpc) is 3.57. The van der Waals surface area contributed by atoms with Crippen LogP contribution in [0.25, 0.3) is 0 Å². The van der Waals surface area contributed by atoms with Gasteiger partial charge in [-0.05, 0) is 19.3 Å². The van der Waals surface area contributed by atoms with Crippen LogP contribution < -0.4 is 37.8 Å². The highest BCUT2D eigenvalue weighted by molar-refractivity contribution is 5.94. The molecule has 3 unspecified atom stereocenters. The van der Waals surface area contributed by atoms with E-state index in [0.717, 1.165) is 0 Å². The van der Waals surface area contributed by atoms with E-state index in [9.17, 15) is 38.4 Å². The quantitative estimate of drug-likeness (QED) is 0.0541. The Kier molecular flexibility index (Phi) is 21.3. The molecule has 2 rings (SSSR count). The Labute approximate surface area is 295 Å². The van der Waals surface area contributed by atoms with Crippen LogP contribution in [0.2, 0.25) is 0 Å². The topological polar surface area (TPSA) is 258 Å². The number of ether oxygens (including phenoxy) is 4. The molecule has 286 valence electrons. The van der Waals surface area contributed by atoms with Crippen molar-refractivity contribution in [2.45, 2.75) is 65.0 Å². The van der Waals surface area contributed by atoms with Crippen molar-refractivity contribution < 1.29 is 47.7 Å². The van der Waals surface area contributed by atoms with Crippen molar-refractivity contribution in [2.24, 2.45) is 5.92 Å². The summed E-state index contributed by atoms with van der Waals surface area (Å²) in [4.78, 5) is 92.9. The number of hydrogen-bond acceptors (Lipinski definition) is 13. The molecule has 0 spiro atoms. The number of aromatic amines is 1. The molecule has 0 aliphatic carbocycles. The maximum absolute atomic E-state index is 11.6. The Morgan fingerprint density at radius 1 is 1.02 bits per heavy atom. The molecule has 51 heavy (non-hydrogen) atoms. The first kappa shape index (κ1) is 43.8. The number of H-pyrrole nitrogens is 1. The lowest BCUT2D eigenvalue weighted by atomic mass is 10.2. The Bertz CT molecular complexity index is 1410. The zero-order valence-electron chi connectivity index (χ0n) is 29.6. The van der Waals surface area contributed by atoms with Crippen molar-refractivity contribution in [1.82, 2.24) is 41.0 Å². The number of methoxy groups -OCH3 is 1. The van der Waals surface area contributed by atoms with Crippen LogP contribution in [0.15, 0.2) is 34.1 Å². The number of carbonyl (C=O) groups excluding carboxylic acids is 6. The van der Waals surface area contributed by atoms with Gasteiger partial charge in [0.05, 0.1) is 12.2 Å². The zero-order chi connectivity index (χ0) is 38.2. The first-order chi connectivity index (χ1) is 24.2. The maximum Gasteiger partial charge on any atom is 0.407 e. The first-order valence-electron chi connectivity index (χ1n) is 16.2. The summed E-state index contributed by atoms with van der Waals surface area (Å²) in [6, 6.07) is 1.25. The molecule has 2 heterocycles. The monoisotopic (exact) mass is 726 g/mol. The minimum absolute atomic E-state index is 0.0145. The molecule has 20 heteroatoms. The van der Waals surface area contributed by atoms with Gasteiger partial charge in [-0.1, -0.05) is 13.8 Å². The predicted molar refractivity (Wildman–Crippen MR) is 181 cm³/mol. The number of aromatic nitrogens is 2. The number of amides is 6. The van der Waals surface area contributed by atoms with Crippen LogP contribution >= 0.6 is 0 Å². The molecule has 0 bridgehead atoms. The smallest absolute Gasteiger partial charge is 0.407 e. The molecule has 0 radical (unpaired) electrons. The van der Waals surface area contributed by atoms with Crippen LogP contribution in [0.5, 0.6) is 0 Å². The molecule has 1 fully saturated rings. The highest BCUT2D eigenvalue weighted by Gasteiger charge is 2.28. The first-order valence-corrected chi connectivity index (χ1v) is 16.2. The lowest BCUT2D eigenvalue weighted by molar-refractivity contribution is -0.124. The van der Waals surface area contributed by atoms with Crippen LogP contribution in [0.4, 0.5) is 9.59 Å². The molecule has 6 amide bonds. The van der Waals surface area contributed by atoms with E-state index in [2.05, 4.69) is 26.3 Å². The molecule has 1 aliphatic heterocycles. The summed E-state index contributed by atoms with van der Waals surface area (Å²) in [5.74, 6) is -0.868. The van der Waals surface area contributed by atoms with E-state index < -0.39 is 35.4 Å². The van der Waals surface area contributed by atoms with Gasteiger partial charge in [0, 0.05) is 84.3 Å². The summed E-state index contributed by atoms with van der Waals surface area (Å²) in [7, 11) is 3.22. The average molecular weight is 727 g/mol. The van der Waals surface area contributed by atoms with Crippen LogP contribution in [-0.2, 0) is 44.7 Å². The van der Waals surface area contributed by atoms with Crippen LogP contribution in [0, 0.1) is 5.92 Å². The maximum atomic E-state index is 11.6. The molecule has 3 atom stereocenters. The Morgan fingerprint density at radius 3 is 2.27 bits per heavy atom. The number of nitrogens with zero attached hydrogens (tertiary/aromatic N) is 2. The summed E-state index contributed by atoms with van der Waals surface area (Å²) in [6.07, 6.45) is 4.23. The number of rotatable bonds is 19. The van der Waals surface area contributed by atoms with Crippen molar-refractivity contribution in [3.63, 3.8) is 0 Å². The molecule has 1 aromatic heterocycles. The van der Waals surface area contributed by atoms with Crippen molar-refractivity contribution in [3.05, 3.63) is 45.4 Å². The van der Waals surface area contributed by atoms with E-state index in [1.165, 1.54) is 43.1 Å². The van der Waals surface area contributed by atoms with Gasteiger partial charge >= 0.3 is 17.9 Å². The van der Waals surface area contributed by atoms with Crippen LogP contribution in [0.1, 0.15) is 40.0 Å². The van der Waals surface area contributed by atoms with E-state index >= 15 is 0 Å². The molecule has 6 N–H and O–H groups in total. The summed E-state index contributed by atoms with van der Waals surface area (Å²) < 4.78 is 22.4. The number of nitrogens with one attached hydrogen (secondary N) is 6. The second-order valence-corrected chi connectivity index (χ2v) is 11.3. The van der Waals surface area contributed by atoms with Gasteiger partial charge in [0.25, 0.3) is 11.5 Å². The predicted octanol–water partition coefficient (Wildman–Crippen LogP) is -1.49. The van der Waals surface area contributed by atoms with Gasteiger partial charge in [-0.25, -0.2) is 14.4 Å². The van der Waals surface area contributed by atoms with Gasteiger partial charge in [-0.2, -0.15) is 0 Å². The Balaban J connectivity index is 0.000000514. The fraction of sp³-hybridized carbons (Fsp3) is 0.613. The molecule has 1 aromatic rings. The van der Waals surface area contributed by atoms with E-state index in [1.54, 1.807) is 25.8 Å². The number of hydrogen-bond donors (Lipinski definition) is 6. The van der Waals surface area contributed by atoms with Gasteiger partial charge in [-0.15, -0.1) is 0 Å². The summed E-state index contributed by atoms with van der Waals surface area (Å²) in [5, 5.41) is 12.3. The van der Waals surface area contributed by atoms with Crippen molar-refractivity contribution in [2.75, 3.05) is 53.6 Å². The lowest BCUT2D eigenvalue weighted by Gasteiger charge is -2.22. The molecule has 0 aromatic carbocycles. The molecule has 1 aliphatic rings. The van der Waals surface area contributed by atoms with Crippen molar-refractivity contribution >= 4 is 36.3 Å². The van der Waals surface area contributed by atoms with Gasteiger partial charge < -0.3 is 49.7 Å². The third kappa shape index (κ3) is 20.1. The minimum Gasteiger partial charge on any atom is -0.447 e. The number of alkyl carbamates (subject to hydrolysis) is 2. The van der Waals surface area contributed by atoms with E-state index in [0.29, 0.717) is 45.3 Å². The second-order valence-electron chi connectivity index (χ2n) is 11.3. The zero-order valence-corrected chi connectivity index (χ0v) is 29.6. The summed E-state index contributed by atoms with van der Waals surface area (Å²) in [6.45, 7) is 6.58. The van der Waals surface area contributed by atoms with Crippen LogP contribution in [0.3, 0.4) is 0 Å². The number of imide groups is 1. The van der Waals surface area contributed by atoms with Crippen molar-refractivity contribution in [3.8, 4) is 0 Å². The molecular formula is C31H50N8O12. The summed E-state index contributed by atoms with van der Waals surface area (Å²) in [5.41, 5.74) is -0.965. The van der Waals surface area contributed by atoms with E-state index in [4.69, 9.17) is 18.9 Å². The number of aryl methyl sites for hydroxylation is 1. The second kappa shape index (κ2) is 24.8. The number of carbonyl (C=O) groups is 6. The Morgan fingerprint density at radius 2 is 1.67 bits per heavy atom. The minimum atomic E-state index is -0.622.